The normalized spacial score (nSPS) is 11.8. The Labute approximate surface area is 399 Å². The average Bonchev–Trinajstić information content (AvgIpc) is 4.06. The number of aromatic nitrogens is 3. The second kappa shape index (κ2) is 15.7. The zero-order valence-corrected chi connectivity index (χ0v) is 37.7. The Morgan fingerprint density at radius 3 is 0.884 bits per heavy atom. The molecular weight excluding hydrogens is 835 g/mol. The molecule has 0 aliphatic rings. The van der Waals surface area contributed by atoms with Crippen LogP contribution in [0, 0.1) is 0 Å². The van der Waals surface area contributed by atoms with Crippen molar-refractivity contribution in [1.82, 2.24) is 13.7 Å². The Bertz CT molecular complexity index is 4080. The third-order valence-electron chi connectivity index (χ3n) is 14.2. The van der Waals surface area contributed by atoms with Gasteiger partial charge in [-0.2, -0.15) is 0 Å². The van der Waals surface area contributed by atoms with Crippen LogP contribution < -0.4 is 0 Å². The first-order valence-electron chi connectivity index (χ1n) is 23.7. The van der Waals surface area contributed by atoms with Crippen molar-refractivity contribution in [3.8, 4) is 61.6 Å². The topological polar surface area (TPSA) is 14.8 Å². The molecule has 322 valence electrons. The van der Waals surface area contributed by atoms with E-state index in [4.69, 9.17) is 0 Å². The summed E-state index contributed by atoms with van der Waals surface area (Å²) in [6.45, 7) is 0. The molecule has 0 bridgehead atoms. The highest BCUT2D eigenvalue weighted by atomic mass is 15.0. The lowest BCUT2D eigenvalue weighted by atomic mass is 10.0. The van der Waals surface area contributed by atoms with Crippen molar-refractivity contribution in [3.05, 3.63) is 261 Å². The summed E-state index contributed by atoms with van der Waals surface area (Å²) in [7, 11) is 0. The summed E-state index contributed by atoms with van der Waals surface area (Å²) in [5.41, 5.74) is 20.0. The molecule has 14 aromatic rings. The molecule has 0 fully saturated rings. The van der Waals surface area contributed by atoms with E-state index in [1.807, 2.05) is 0 Å². The van der Waals surface area contributed by atoms with E-state index >= 15 is 0 Å². The highest BCUT2D eigenvalue weighted by molar-refractivity contribution is 6.14. The van der Waals surface area contributed by atoms with Crippen LogP contribution in [0.1, 0.15) is 0 Å². The van der Waals surface area contributed by atoms with Gasteiger partial charge in [0.15, 0.2) is 0 Å². The molecule has 3 heterocycles. The molecule has 0 spiro atoms. The summed E-state index contributed by atoms with van der Waals surface area (Å²) in [4.78, 5) is 0. The minimum Gasteiger partial charge on any atom is -0.309 e. The van der Waals surface area contributed by atoms with E-state index in [1.165, 1.54) is 104 Å². The first-order valence-corrected chi connectivity index (χ1v) is 23.7. The van der Waals surface area contributed by atoms with Crippen molar-refractivity contribution in [2.45, 2.75) is 0 Å². The monoisotopic (exact) mass is 877 g/mol. The number of hydrogen-bond donors (Lipinski definition) is 0. The van der Waals surface area contributed by atoms with Gasteiger partial charge in [0.25, 0.3) is 0 Å². The zero-order valence-electron chi connectivity index (χ0n) is 37.7. The van der Waals surface area contributed by atoms with Crippen molar-refractivity contribution in [2.24, 2.45) is 0 Å². The Kier molecular flexibility index (Phi) is 8.90. The van der Waals surface area contributed by atoms with Crippen LogP contribution >= 0.6 is 0 Å². The zero-order chi connectivity index (χ0) is 45.4. The van der Waals surface area contributed by atoms with Crippen LogP contribution in [0.5, 0.6) is 0 Å². The van der Waals surface area contributed by atoms with Gasteiger partial charge in [0.1, 0.15) is 0 Å². The molecule has 3 aromatic heterocycles. The predicted molar refractivity (Wildman–Crippen MR) is 291 cm³/mol. The molecule has 0 atom stereocenters. The first kappa shape index (κ1) is 39.0. The Morgan fingerprint density at radius 2 is 0.478 bits per heavy atom. The molecule has 69 heavy (non-hydrogen) atoms. The predicted octanol–water partition coefficient (Wildman–Crippen LogP) is 17.6. The second-order valence-electron chi connectivity index (χ2n) is 18.1. The maximum atomic E-state index is 2.46. The molecule has 0 radical (unpaired) electrons. The molecule has 0 aliphatic carbocycles. The lowest BCUT2D eigenvalue weighted by molar-refractivity contribution is 1.13. The van der Waals surface area contributed by atoms with Crippen molar-refractivity contribution in [2.75, 3.05) is 0 Å². The van der Waals surface area contributed by atoms with Crippen LogP contribution in [-0.2, 0) is 0 Å². The lowest BCUT2D eigenvalue weighted by Gasteiger charge is -2.14. The summed E-state index contributed by atoms with van der Waals surface area (Å²) in [6.07, 6.45) is 0. The van der Waals surface area contributed by atoms with Gasteiger partial charge < -0.3 is 13.7 Å². The van der Waals surface area contributed by atoms with E-state index in [1.54, 1.807) is 0 Å². The summed E-state index contributed by atoms with van der Waals surface area (Å²) in [5.74, 6) is 0. The third-order valence-corrected chi connectivity index (χ3v) is 14.2. The second-order valence-corrected chi connectivity index (χ2v) is 18.1. The molecule has 0 saturated carbocycles. The number of benzene rings is 11. The Morgan fingerprint density at radius 1 is 0.159 bits per heavy atom. The standard InChI is InChI=1S/C66H43N3/c1-5-16-44(17-6-1)48-28-34-62-57(38-48)58-39-49(45-18-7-2-8-19-45)29-35-63(58)67(62)52-24-15-25-53(42-52)69-61-27-14-13-26-55(61)56-33-32-54(43-66(56)69)68-64-36-30-50(46-20-9-3-10-21-46)40-59(64)60-41-51(31-37-65(60)68)47-22-11-4-12-23-47/h1-43H. The minimum atomic E-state index is 1.11. The molecule has 11 aromatic carbocycles. The van der Waals surface area contributed by atoms with Gasteiger partial charge in [-0.1, -0.05) is 176 Å². The van der Waals surface area contributed by atoms with Crippen LogP contribution in [0.2, 0.25) is 0 Å². The van der Waals surface area contributed by atoms with Crippen LogP contribution in [-0.4, -0.2) is 13.7 Å². The molecule has 0 aliphatic heterocycles. The molecule has 0 unspecified atom stereocenters. The minimum absolute atomic E-state index is 1.11. The number of fused-ring (bicyclic) bond motifs is 9. The van der Waals surface area contributed by atoms with E-state index in [0.717, 1.165) is 22.6 Å². The van der Waals surface area contributed by atoms with E-state index < -0.39 is 0 Å². The van der Waals surface area contributed by atoms with E-state index in [9.17, 15) is 0 Å². The van der Waals surface area contributed by atoms with Gasteiger partial charge >= 0.3 is 0 Å². The van der Waals surface area contributed by atoms with E-state index in [-0.39, 0.29) is 0 Å². The fraction of sp³-hybridized carbons (Fsp3) is 0. The Balaban J connectivity index is 0.970. The van der Waals surface area contributed by atoms with Crippen LogP contribution in [0.15, 0.2) is 261 Å². The average molecular weight is 878 g/mol. The van der Waals surface area contributed by atoms with Crippen LogP contribution in [0.3, 0.4) is 0 Å². The van der Waals surface area contributed by atoms with Gasteiger partial charge in [0.05, 0.1) is 33.1 Å². The van der Waals surface area contributed by atoms with Crippen molar-refractivity contribution in [3.63, 3.8) is 0 Å². The SMILES string of the molecule is c1ccc(-c2ccc3c(c2)c2cc(-c4ccccc4)ccc2n3-c2cccc(-n3c4ccccc4c4ccc(-n5c6ccc(-c7ccccc7)cc6c6cc(-c7ccccc7)ccc65)cc43)c2)cc1. The van der Waals surface area contributed by atoms with Gasteiger partial charge in [-0.05, 0) is 129 Å². The van der Waals surface area contributed by atoms with Gasteiger partial charge in [-0.15, -0.1) is 0 Å². The number of hydrogen-bond acceptors (Lipinski definition) is 0. The van der Waals surface area contributed by atoms with Gasteiger partial charge in [0.2, 0.25) is 0 Å². The fourth-order valence-electron chi connectivity index (χ4n) is 11.0. The van der Waals surface area contributed by atoms with Gasteiger partial charge in [0, 0.05) is 49.4 Å². The summed E-state index contributed by atoms with van der Waals surface area (Å²) in [5, 5.41) is 7.37. The molecular formula is C66H43N3. The van der Waals surface area contributed by atoms with E-state index in [2.05, 4.69) is 275 Å². The Hall–Kier alpha value is -9.18. The maximum absolute atomic E-state index is 2.46. The number of para-hydroxylation sites is 1. The van der Waals surface area contributed by atoms with Crippen LogP contribution in [0.25, 0.3) is 127 Å². The van der Waals surface area contributed by atoms with Crippen molar-refractivity contribution < 1.29 is 0 Å². The maximum Gasteiger partial charge on any atom is 0.0561 e. The third kappa shape index (κ3) is 6.36. The molecule has 14 rings (SSSR count). The smallest absolute Gasteiger partial charge is 0.0561 e. The summed E-state index contributed by atoms with van der Waals surface area (Å²) >= 11 is 0. The van der Waals surface area contributed by atoms with Crippen molar-refractivity contribution in [1.29, 1.82) is 0 Å². The molecule has 0 saturated heterocycles. The molecule has 0 N–H and O–H groups in total. The fourth-order valence-corrected chi connectivity index (χ4v) is 11.0. The van der Waals surface area contributed by atoms with Crippen LogP contribution in [0.4, 0.5) is 0 Å². The first-order chi connectivity index (χ1) is 34.2. The highest BCUT2D eigenvalue weighted by Crippen LogP contribution is 2.41. The molecule has 3 heteroatoms. The summed E-state index contributed by atoms with van der Waals surface area (Å²) < 4.78 is 7.36. The number of rotatable bonds is 7. The van der Waals surface area contributed by atoms with E-state index in [0.29, 0.717) is 0 Å². The number of nitrogens with zero attached hydrogens (tertiary/aromatic N) is 3. The lowest BCUT2D eigenvalue weighted by Crippen LogP contribution is -1.99. The van der Waals surface area contributed by atoms with Gasteiger partial charge in [-0.25, -0.2) is 0 Å². The quantitative estimate of drug-likeness (QED) is 0.152. The molecule has 3 nitrogen and oxygen atoms in total. The largest absolute Gasteiger partial charge is 0.309 e. The summed E-state index contributed by atoms with van der Waals surface area (Å²) in [6, 6.07) is 95.6. The van der Waals surface area contributed by atoms with Gasteiger partial charge in [-0.3, -0.25) is 0 Å². The highest BCUT2D eigenvalue weighted by Gasteiger charge is 2.20. The molecule has 0 amide bonds. The van der Waals surface area contributed by atoms with Crippen molar-refractivity contribution >= 4 is 65.4 Å².